The number of halogens is 3. The van der Waals surface area contributed by atoms with Gasteiger partial charge in [0.2, 0.25) is 0 Å². The molecule has 4 rings (SSSR count). The summed E-state index contributed by atoms with van der Waals surface area (Å²) < 4.78 is 45.7. The summed E-state index contributed by atoms with van der Waals surface area (Å²) in [4.78, 5) is 24.6. The van der Waals surface area contributed by atoms with Crippen LogP contribution in [0.25, 0.3) is 17.0 Å². The predicted octanol–water partition coefficient (Wildman–Crippen LogP) is 6.04. The Labute approximate surface area is 210 Å². The summed E-state index contributed by atoms with van der Waals surface area (Å²) in [6.07, 6.45) is -1.40. The Morgan fingerprint density at radius 2 is 1.81 bits per heavy atom. The van der Waals surface area contributed by atoms with E-state index < -0.39 is 23.6 Å². The van der Waals surface area contributed by atoms with Crippen molar-refractivity contribution in [3.8, 4) is 6.07 Å². The van der Waals surface area contributed by atoms with Crippen molar-refractivity contribution in [1.29, 1.82) is 5.26 Å². The lowest BCUT2D eigenvalue weighted by Gasteiger charge is -2.09. The Morgan fingerprint density at radius 1 is 1.05 bits per heavy atom. The number of rotatable bonds is 6. The van der Waals surface area contributed by atoms with Crippen LogP contribution in [-0.2, 0) is 22.3 Å². The number of nitriles is 1. The van der Waals surface area contributed by atoms with E-state index in [-0.39, 0.29) is 11.3 Å². The van der Waals surface area contributed by atoms with E-state index in [1.165, 1.54) is 25.3 Å². The number of anilines is 1. The van der Waals surface area contributed by atoms with Crippen molar-refractivity contribution < 1.29 is 27.5 Å². The van der Waals surface area contributed by atoms with Gasteiger partial charge in [-0.25, -0.2) is 4.79 Å². The number of nitrogens with zero attached hydrogens (tertiary/aromatic N) is 2. The van der Waals surface area contributed by atoms with Gasteiger partial charge in [0.15, 0.2) is 0 Å². The number of methoxy groups -OCH3 is 1. The molecule has 1 N–H and O–H groups in total. The third-order valence-electron chi connectivity index (χ3n) is 5.63. The van der Waals surface area contributed by atoms with Crippen LogP contribution in [0.4, 0.5) is 18.9 Å². The van der Waals surface area contributed by atoms with Gasteiger partial charge in [-0.3, -0.25) is 4.79 Å². The summed E-state index contributed by atoms with van der Waals surface area (Å²) in [5, 5.41) is 12.8. The molecule has 0 atom stereocenters. The van der Waals surface area contributed by atoms with E-state index >= 15 is 0 Å². The molecular weight excluding hydrogens is 483 g/mol. The minimum absolute atomic E-state index is 0.0751. The number of para-hydroxylation sites is 1. The Morgan fingerprint density at radius 3 is 2.54 bits per heavy atom. The van der Waals surface area contributed by atoms with Crippen molar-refractivity contribution >= 4 is 34.5 Å². The largest absolute Gasteiger partial charge is 0.465 e. The number of benzene rings is 3. The summed E-state index contributed by atoms with van der Waals surface area (Å²) in [6, 6.07) is 20.4. The highest BCUT2D eigenvalue weighted by molar-refractivity contribution is 6.10. The average molecular weight is 503 g/mol. The molecule has 37 heavy (non-hydrogen) atoms. The number of nitrogens with one attached hydrogen (secondary N) is 1. The molecule has 0 radical (unpaired) electrons. The number of ether oxygens (including phenoxy) is 1. The first-order valence-corrected chi connectivity index (χ1v) is 11.0. The van der Waals surface area contributed by atoms with Crippen molar-refractivity contribution in [3.05, 3.63) is 107 Å². The molecule has 0 saturated heterocycles. The number of esters is 1. The quantitative estimate of drug-likeness (QED) is 0.198. The van der Waals surface area contributed by atoms with Crippen LogP contribution in [0.15, 0.2) is 84.6 Å². The third kappa shape index (κ3) is 5.70. The second kappa shape index (κ2) is 10.4. The molecule has 0 unspecified atom stereocenters. The standard InChI is InChI=1S/C28H20F3N3O3/c1-37-27(36)19-7-4-6-18(12-19)16-34-17-21(24-10-2-3-11-25(24)34)13-20(15-32)26(35)33-23-9-5-8-22(14-23)28(29,30)31/h2-14,17H,16H2,1H3,(H,33,35)/b20-13+. The highest BCUT2D eigenvalue weighted by Gasteiger charge is 2.30. The van der Waals surface area contributed by atoms with Crippen molar-refractivity contribution in [2.75, 3.05) is 12.4 Å². The second-order valence-corrected chi connectivity index (χ2v) is 8.12. The van der Waals surface area contributed by atoms with Crippen molar-refractivity contribution in [3.63, 3.8) is 0 Å². The Hall–Kier alpha value is -4.84. The number of carbonyl (C=O) groups excluding carboxylic acids is 2. The number of hydrogen-bond acceptors (Lipinski definition) is 4. The van der Waals surface area contributed by atoms with Gasteiger partial charge < -0.3 is 14.6 Å². The van der Waals surface area contributed by atoms with Gasteiger partial charge in [-0.15, -0.1) is 0 Å². The number of amides is 1. The molecule has 0 aliphatic carbocycles. The third-order valence-corrected chi connectivity index (χ3v) is 5.63. The van der Waals surface area contributed by atoms with E-state index in [9.17, 15) is 28.0 Å². The Bertz CT molecular complexity index is 1560. The lowest BCUT2D eigenvalue weighted by molar-refractivity contribution is -0.137. The minimum atomic E-state index is -4.56. The molecule has 9 heteroatoms. The number of alkyl halides is 3. The highest BCUT2D eigenvalue weighted by atomic mass is 19.4. The van der Waals surface area contributed by atoms with Crippen LogP contribution < -0.4 is 5.32 Å². The van der Waals surface area contributed by atoms with Gasteiger partial charge >= 0.3 is 12.1 Å². The fourth-order valence-corrected chi connectivity index (χ4v) is 3.91. The van der Waals surface area contributed by atoms with Gasteiger partial charge in [-0.2, -0.15) is 18.4 Å². The maximum atomic E-state index is 13.0. The van der Waals surface area contributed by atoms with Gasteiger partial charge in [-0.1, -0.05) is 36.4 Å². The molecule has 0 fully saturated rings. The SMILES string of the molecule is COC(=O)c1cccc(Cn2cc(/C=C(\C#N)C(=O)Nc3cccc(C(F)(F)F)c3)c3ccccc32)c1. The molecule has 1 amide bonds. The van der Waals surface area contributed by atoms with Crippen LogP contribution in [0.5, 0.6) is 0 Å². The number of carbonyl (C=O) groups is 2. The summed E-state index contributed by atoms with van der Waals surface area (Å²) in [5.74, 6) is -1.28. The molecule has 0 spiro atoms. The number of fused-ring (bicyclic) bond motifs is 1. The van der Waals surface area contributed by atoms with Crippen molar-refractivity contribution in [1.82, 2.24) is 4.57 Å². The van der Waals surface area contributed by atoms with Crippen molar-refractivity contribution in [2.24, 2.45) is 0 Å². The Balaban J connectivity index is 1.65. The Kier molecular flexibility index (Phi) is 7.11. The molecule has 186 valence electrons. The van der Waals surface area contributed by atoms with Crippen LogP contribution in [0, 0.1) is 11.3 Å². The maximum absolute atomic E-state index is 13.0. The lowest BCUT2D eigenvalue weighted by atomic mass is 10.1. The first-order valence-electron chi connectivity index (χ1n) is 11.0. The molecule has 4 aromatic rings. The van der Waals surface area contributed by atoms with E-state index in [0.29, 0.717) is 17.7 Å². The summed E-state index contributed by atoms with van der Waals surface area (Å²) in [6.45, 7) is 0.400. The zero-order valence-electron chi connectivity index (χ0n) is 19.5. The zero-order chi connectivity index (χ0) is 26.6. The van der Waals surface area contributed by atoms with Crippen molar-refractivity contribution in [2.45, 2.75) is 12.7 Å². The number of hydrogen-bond donors (Lipinski definition) is 1. The topological polar surface area (TPSA) is 84.1 Å². The summed E-state index contributed by atoms with van der Waals surface area (Å²) in [7, 11) is 1.31. The number of aromatic nitrogens is 1. The summed E-state index contributed by atoms with van der Waals surface area (Å²) >= 11 is 0. The lowest BCUT2D eigenvalue weighted by Crippen LogP contribution is -2.14. The zero-order valence-corrected chi connectivity index (χ0v) is 19.5. The fourth-order valence-electron chi connectivity index (χ4n) is 3.91. The minimum Gasteiger partial charge on any atom is -0.465 e. The normalized spacial score (nSPS) is 11.7. The van der Waals surface area contributed by atoms with Gasteiger partial charge in [0, 0.05) is 34.9 Å². The average Bonchev–Trinajstić information content (AvgIpc) is 3.23. The van der Waals surface area contributed by atoms with Crippen LogP contribution in [0.3, 0.4) is 0 Å². The maximum Gasteiger partial charge on any atom is 0.416 e. The van der Waals surface area contributed by atoms with Gasteiger partial charge in [0.05, 0.1) is 18.2 Å². The molecule has 6 nitrogen and oxygen atoms in total. The molecule has 1 aromatic heterocycles. The van der Waals surface area contributed by atoms with Crippen LogP contribution in [0.1, 0.15) is 27.0 Å². The van der Waals surface area contributed by atoms with E-state index in [4.69, 9.17) is 4.74 Å². The molecular formula is C28H20F3N3O3. The second-order valence-electron chi connectivity index (χ2n) is 8.12. The smallest absolute Gasteiger partial charge is 0.416 e. The van der Waals surface area contributed by atoms with Gasteiger partial charge in [-0.05, 0) is 48.0 Å². The molecule has 0 aliphatic heterocycles. The molecule has 3 aromatic carbocycles. The first-order chi connectivity index (χ1) is 17.7. The van der Waals surface area contributed by atoms with Crippen LogP contribution >= 0.6 is 0 Å². The molecule has 0 aliphatic rings. The highest BCUT2D eigenvalue weighted by Crippen LogP contribution is 2.31. The van der Waals surface area contributed by atoms with Gasteiger partial charge in [0.25, 0.3) is 5.91 Å². The first kappa shape index (κ1) is 25.3. The van der Waals surface area contributed by atoms with Gasteiger partial charge in [0.1, 0.15) is 11.6 Å². The molecule has 1 heterocycles. The van der Waals surface area contributed by atoms with E-state index in [1.54, 1.807) is 24.4 Å². The predicted molar refractivity (Wildman–Crippen MR) is 132 cm³/mol. The molecule has 0 saturated carbocycles. The monoisotopic (exact) mass is 503 g/mol. The van der Waals surface area contributed by atoms with Crippen LogP contribution in [0.2, 0.25) is 0 Å². The fraction of sp³-hybridized carbons (Fsp3) is 0.107. The summed E-state index contributed by atoms with van der Waals surface area (Å²) in [5.41, 5.74) is 1.40. The van der Waals surface area contributed by atoms with E-state index in [2.05, 4.69) is 5.32 Å². The van der Waals surface area contributed by atoms with Crippen LogP contribution in [-0.4, -0.2) is 23.6 Å². The van der Waals surface area contributed by atoms with E-state index in [0.717, 1.165) is 28.6 Å². The van der Waals surface area contributed by atoms with E-state index in [1.807, 2.05) is 41.0 Å². The molecule has 0 bridgehead atoms.